The third-order valence-corrected chi connectivity index (χ3v) is 2.19. The van der Waals surface area contributed by atoms with Gasteiger partial charge in [0.1, 0.15) is 11.9 Å². The second-order valence-electron chi connectivity index (χ2n) is 3.31. The maximum absolute atomic E-state index is 12.9. The lowest BCUT2D eigenvalue weighted by atomic mass is 10.0. The number of hydrogen-bond acceptors (Lipinski definition) is 3. The van der Waals surface area contributed by atoms with Crippen molar-refractivity contribution < 1.29 is 24.5 Å². The van der Waals surface area contributed by atoms with E-state index in [9.17, 15) is 19.4 Å². The minimum atomic E-state index is -1.50. The molecule has 0 aromatic heterocycles. The monoisotopic (exact) mass is 248 g/mol. The van der Waals surface area contributed by atoms with Crippen LogP contribution in [0.1, 0.15) is 18.1 Å². The van der Waals surface area contributed by atoms with Crippen LogP contribution in [0.2, 0.25) is 5.02 Å². The molecule has 0 spiro atoms. The molecule has 2 atom stereocenters. The van der Waals surface area contributed by atoms with Gasteiger partial charge in [-0.15, -0.1) is 0 Å². The molecule has 0 amide bonds. The molecule has 3 N–H and O–H groups in total. The van der Waals surface area contributed by atoms with Crippen molar-refractivity contribution >= 4 is 17.6 Å². The Hall–Kier alpha value is -1.17. The molecule has 88 valence electrons. The van der Waals surface area contributed by atoms with Gasteiger partial charge in [0.25, 0.3) is 0 Å². The fraction of sp³-hybridized carbons (Fsp3) is 0.300. The Morgan fingerprint density at radius 1 is 1.38 bits per heavy atom. The van der Waals surface area contributed by atoms with Crippen molar-refractivity contribution in [1.29, 1.82) is 0 Å². The first-order valence-corrected chi connectivity index (χ1v) is 4.82. The highest BCUT2D eigenvalue weighted by atomic mass is 35.5. The fourth-order valence-electron chi connectivity index (χ4n) is 1.26. The number of aliphatic carboxylic acids is 1. The van der Waals surface area contributed by atoms with Crippen LogP contribution >= 0.6 is 11.6 Å². The minimum Gasteiger partial charge on any atom is -0.481 e. The van der Waals surface area contributed by atoms with Crippen LogP contribution in [0, 0.1) is 5.82 Å². The maximum Gasteiger partial charge on any atom is 0.306 e. The molecule has 0 fully saturated rings. The number of hydrogen-bond donors (Lipinski definition) is 3. The Balaban J connectivity index is 2.86. The highest BCUT2D eigenvalue weighted by Crippen LogP contribution is 2.23. The molecule has 1 rings (SSSR count). The molecule has 1 aromatic rings. The molecule has 2 unspecified atom stereocenters. The van der Waals surface area contributed by atoms with Crippen LogP contribution in [0.4, 0.5) is 4.39 Å². The summed E-state index contributed by atoms with van der Waals surface area (Å²) >= 11 is 5.56. The van der Waals surface area contributed by atoms with Crippen LogP contribution < -0.4 is 0 Å². The molecule has 16 heavy (non-hydrogen) atoms. The summed E-state index contributed by atoms with van der Waals surface area (Å²) in [6.07, 6.45) is -3.62. The van der Waals surface area contributed by atoms with Crippen molar-refractivity contribution in [3.63, 3.8) is 0 Å². The van der Waals surface area contributed by atoms with E-state index in [0.717, 1.165) is 12.1 Å². The van der Waals surface area contributed by atoms with Gasteiger partial charge < -0.3 is 15.3 Å². The maximum atomic E-state index is 12.9. The molecule has 1 aromatic carbocycles. The lowest BCUT2D eigenvalue weighted by molar-refractivity contribution is -0.141. The van der Waals surface area contributed by atoms with E-state index in [1.54, 1.807) is 0 Å². The molecule has 0 saturated heterocycles. The molecule has 0 bridgehead atoms. The summed E-state index contributed by atoms with van der Waals surface area (Å²) in [4.78, 5) is 10.3. The normalized spacial score (nSPS) is 14.5. The lowest BCUT2D eigenvalue weighted by Crippen LogP contribution is -2.21. The molecular formula is C10H10ClFO4. The number of carboxylic acids is 1. The lowest BCUT2D eigenvalue weighted by Gasteiger charge is -2.16. The SMILES string of the molecule is O=C(O)CC(O)C(O)c1cc(F)cc(Cl)c1. The van der Waals surface area contributed by atoms with Crippen LogP contribution in [-0.4, -0.2) is 27.4 Å². The predicted molar refractivity (Wildman–Crippen MR) is 54.6 cm³/mol. The highest BCUT2D eigenvalue weighted by molar-refractivity contribution is 6.30. The number of carboxylic acid groups (broad SMARTS) is 1. The van der Waals surface area contributed by atoms with Gasteiger partial charge in [-0.2, -0.15) is 0 Å². The van der Waals surface area contributed by atoms with Gasteiger partial charge in [-0.25, -0.2) is 4.39 Å². The Morgan fingerprint density at radius 2 is 2.00 bits per heavy atom. The second-order valence-corrected chi connectivity index (χ2v) is 3.75. The van der Waals surface area contributed by atoms with Gasteiger partial charge in [0.2, 0.25) is 0 Å². The second kappa shape index (κ2) is 5.25. The molecule has 0 aliphatic heterocycles. The van der Waals surface area contributed by atoms with E-state index in [1.165, 1.54) is 6.07 Å². The average molecular weight is 249 g/mol. The first-order valence-electron chi connectivity index (χ1n) is 4.44. The van der Waals surface area contributed by atoms with Crippen molar-refractivity contribution in [2.45, 2.75) is 18.6 Å². The third-order valence-electron chi connectivity index (χ3n) is 1.97. The summed E-state index contributed by atoms with van der Waals surface area (Å²) in [5.41, 5.74) is 0.0405. The number of halogens is 2. The molecule has 6 heteroatoms. The summed E-state index contributed by atoms with van der Waals surface area (Å²) in [5, 5.41) is 27.4. The third kappa shape index (κ3) is 3.44. The molecule has 0 saturated carbocycles. The van der Waals surface area contributed by atoms with Gasteiger partial charge in [0, 0.05) is 5.02 Å². The quantitative estimate of drug-likeness (QED) is 0.752. The summed E-state index contributed by atoms with van der Waals surface area (Å²) < 4.78 is 12.9. The predicted octanol–water partition coefficient (Wildman–Crippen LogP) is 1.35. The van der Waals surface area contributed by atoms with E-state index in [4.69, 9.17) is 16.7 Å². The summed E-state index contributed by atoms with van der Waals surface area (Å²) in [5.74, 6) is -1.92. The number of carbonyl (C=O) groups is 1. The first kappa shape index (κ1) is 12.9. The van der Waals surface area contributed by atoms with Crippen molar-refractivity contribution in [2.75, 3.05) is 0 Å². The van der Waals surface area contributed by atoms with E-state index < -0.39 is 30.4 Å². The Kier molecular flexibility index (Phi) is 4.23. The van der Waals surface area contributed by atoms with Gasteiger partial charge in [0.15, 0.2) is 0 Å². The summed E-state index contributed by atoms with van der Waals surface area (Å²) in [6, 6.07) is 3.29. The molecule has 0 aliphatic carbocycles. The number of aliphatic hydroxyl groups excluding tert-OH is 2. The number of benzene rings is 1. The van der Waals surface area contributed by atoms with Gasteiger partial charge in [-0.3, -0.25) is 4.79 Å². The zero-order chi connectivity index (χ0) is 12.3. The van der Waals surface area contributed by atoms with Crippen molar-refractivity contribution in [3.8, 4) is 0 Å². The zero-order valence-electron chi connectivity index (χ0n) is 8.10. The minimum absolute atomic E-state index is 0.0405. The standard InChI is InChI=1S/C10H10ClFO4/c11-6-1-5(2-7(12)3-6)10(16)8(13)4-9(14)15/h1-3,8,10,13,16H,4H2,(H,14,15). The van der Waals surface area contributed by atoms with Crippen molar-refractivity contribution in [2.24, 2.45) is 0 Å². The molecular weight excluding hydrogens is 239 g/mol. The Labute approximate surface area is 95.9 Å². The van der Waals surface area contributed by atoms with Crippen LogP contribution in [-0.2, 0) is 4.79 Å². The molecule has 0 heterocycles. The van der Waals surface area contributed by atoms with E-state index in [1.807, 2.05) is 0 Å². The van der Waals surface area contributed by atoms with Crippen molar-refractivity contribution in [3.05, 3.63) is 34.6 Å². The average Bonchev–Trinajstić information content (AvgIpc) is 2.13. The summed E-state index contributed by atoms with van der Waals surface area (Å²) in [6.45, 7) is 0. The van der Waals surface area contributed by atoms with E-state index in [0.29, 0.717) is 0 Å². The van der Waals surface area contributed by atoms with Gasteiger partial charge >= 0.3 is 5.97 Å². The fourth-order valence-corrected chi connectivity index (χ4v) is 1.49. The molecule has 0 radical (unpaired) electrons. The largest absolute Gasteiger partial charge is 0.481 e. The number of rotatable bonds is 4. The Morgan fingerprint density at radius 3 is 2.50 bits per heavy atom. The Bertz CT molecular complexity index is 376. The van der Waals surface area contributed by atoms with E-state index in [2.05, 4.69) is 0 Å². The van der Waals surface area contributed by atoms with Crippen LogP contribution in [0.5, 0.6) is 0 Å². The van der Waals surface area contributed by atoms with E-state index >= 15 is 0 Å². The summed E-state index contributed by atoms with van der Waals surface area (Å²) in [7, 11) is 0. The van der Waals surface area contributed by atoms with Gasteiger partial charge in [0.05, 0.1) is 12.5 Å². The first-order chi connectivity index (χ1) is 7.40. The smallest absolute Gasteiger partial charge is 0.306 e. The van der Waals surface area contributed by atoms with Crippen LogP contribution in [0.15, 0.2) is 18.2 Å². The highest BCUT2D eigenvalue weighted by Gasteiger charge is 2.21. The molecule has 4 nitrogen and oxygen atoms in total. The van der Waals surface area contributed by atoms with Gasteiger partial charge in [-0.05, 0) is 23.8 Å². The topological polar surface area (TPSA) is 77.8 Å². The van der Waals surface area contributed by atoms with E-state index in [-0.39, 0.29) is 10.6 Å². The number of aliphatic hydroxyl groups is 2. The van der Waals surface area contributed by atoms with Crippen LogP contribution in [0.25, 0.3) is 0 Å². The van der Waals surface area contributed by atoms with Crippen LogP contribution in [0.3, 0.4) is 0 Å². The van der Waals surface area contributed by atoms with Gasteiger partial charge in [-0.1, -0.05) is 11.6 Å². The molecule has 0 aliphatic rings. The van der Waals surface area contributed by atoms with Crippen molar-refractivity contribution in [1.82, 2.24) is 0 Å². The zero-order valence-corrected chi connectivity index (χ0v) is 8.86.